The number of carboxylic acids is 1. The van der Waals surface area contributed by atoms with E-state index in [4.69, 9.17) is 0 Å². The molecule has 4 aliphatic carbocycles. The largest absolute Gasteiger partial charge is 0.480 e. The maximum Gasteiger partial charge on any atom is 0.320 e. The highest BCUT2D eigenvalue weighted by molar-refractivity contribution is 6.64. The fraction of sp³-hybridized carbons (Fsp3) is 0.846. The van der Waals surface area contributed by atoms with Gasteiger partial charge in [-0.2, -0.15) is 0 Å². The average Bonchev–Trinajstić information content (AvgIpc) is 2.26. The Kier molecular flexibility index (Phi) is 2.97. The fourth-order valence-corrected chi connectivity index (χ4v) is 5.26. The molecule has 4 aliphatic rings. The van der Waals surface area contributed by atoms with Crippen molar-refractivity contribution < 1.29 is 14.7 Å². The Hall–Kier alpha value is -0.835. The van der Waals surface area contributed by atoms with Gasteiger partial charge in [-0.3, -0.25) is 4.79 Å². The van der Waals surface area contributed by atoms with Crippen LogP contribution < -0.4 is 5.23 Å². The van der Waals surface area contributed by atoms with Gasteiger partial charge in [0.05, 0.1) is 6.19 Å². The molecule has 4 fully saturated rings. The van der Waals surface area contributed by atoms with Crippen molar-refractivity contribution in [3.05, 3.63) is 0 Å². The maximum atomic E-state index is 11.5. The lowest BCUT2D eigenvalue weighted by atomic mass is 9.47. The van der Waals surface area contributed by atoms with Crippen LogP contribution in [-0.4, -0.2) is 30.7 Å². The maximum absolute atomic E-state index is 11.5. The quantitative estimate of drug-likeness (QED) is 0.558. The van der Waals surface area contributed by atoms with E-state index in [-0.39, 0.29) is 12.8 Å². The predicted octanol–water partition coefficient (Wildman–Crippen LogP) is 0.787. The minimum Gasteiger partial charge on any atom is -0.480 e. The van der Waals surface area contributed by atoms with Gasteiger partial charge < -0.3 is 15.1 Å². The molecule has 0 aromatic rings. The predicted molar refractivity (Wildman–Crippen MR) is 69.1 cm³/mol. The highest BCUT2D eigenvalue weighted by Gasteiger charge is 2.55. The molecule has 18 heavy (non-hydrogen) atoms. The van der Waals surface area contributed by atoms with Gasteiger partial charge in [-0.25, -0.2) is 0 Å². The Morgan fingerprint density at radius 1 is 1.22 bits per heavy atom. The summed E-state index contributed by atoms with van der Waals surface area (Å²) in [6, 6.07) is -0.531. The second-order valence-corrected chi connectivity index (χ2v) is 6.63. The third-order valence-corrected chi connectivity index (χ3v) is 5.35. The standard InChI is InChI=1S/C13H20BNO3/c16-7-14-15-11(12(17)18)13-4-8-1-9(5-13)3-10(2-8)6-13/h7-11,14-15H,1-6H2,(H,17,18)/t8?,9?,10?,11-,13?/m1/s1. The molecule has 5 heteroatoms. The van der Waals surface area contributed by atoms with Crippen molar-refractivity contribution >= 4 is 19.6 Å². The van der Waals surface area contributed by atoms with Gasteiger partial charge in [-0.1, -0.05) is 0 Å². The zero-order valence-corrected chi connectivity index (χ0v) is 10.6. The molecule has 2 N–H and O–H groups in total. The molecular weight excluding hydrogens is 229 g/mol. The molecule has 0 spiro atoms. The second kappa shape index (κ2) is 4.37. The molecule has 1 atom stereocenters. The van der Waals surface area contributed by atoms with Gasteiger partial charge in [-0.15, -0.1) is 0 Å². The first-order chi connectivity index (χ1) is 8.63. The number of nitrogens with one attached hydrogen (secondary N) is 1. The lowest BCUT2D eigenvalue weighted by Gasteiger charge is -2.58. The van der Waals surface area contributed by atoms with Crippen LogP contribution >= 0.6 is 0 Å². The van der Waals surface area contributed by atoms with Crippen molar-refractivity contribution in [1.82, 2.24) is 5.23 Å². The van der Waals surface area contributed by atoms with Gasteiger partial charge in [-0.05, 0) is 61.7 Å². The molecule has 0 unspecified atom stereocenters. The summed E-state index contributed by atoms with van der Waals surface area (Å²) in [5.74, 6) is 1.42. The van der Waals surface area contributed by atoms with E-state index in [2.05, 4.69) is 5.23 Å². The molecule has 4 rings (SSSR count). The van der Waals surface area contributed by atoms with E-state index in [0.717, 1.165) is 43.2 Å². The van der Waals surface area contributed by atoms with Crippen LogP contribution in [-0.2, 0) is 9.59 Å². The third kappa shape index (κ3) is 1.89. The van der Waals surface area contributed by atoms with E-state index in [0.29, 0.717) is 0 Å². The highest BCUT2D eigenvalue weighted by Crippen LogP contribution is 2.61. The molecule has 0 amide bonds. The number of rotatable bonds is 5. The van der Waals surface area contributed by atoms with E-state index in [1.54, 1.807) is 0 Å². The molecule has 0 saturated heterocycles. The van der Waals surface area contributed by atoms with Gasteiger partial charge in [0.1, 0.15) is 6.04 Å². The summed E-state index contributed by atoms with van der Waals surface area (Å²) in [5.41, 5.74) is -0.0798. The van der Waals surface area contributed by atoms with Gasteiger partial charge in [0.25, 0.3) is 7.41 Å². The number of carbonyl (C=O) groups is 2. The number of carbonyl (C=O) groups excluding carboxylic acids is 1. The normalized spacial score (nSPS) is 42.6. The first-order valence-electron chi connectivity index (χ1n) is 7.03. The molecule has 0 aliphatic heterocycles. The minimum absolute atomic E-state index is 0.0798. The lowest BCUT2D eigenvalue weighted by molar-refractivity contribution is -0.150. The molecule has 4 nitrogen and oxygen atoms in total. The van der Waals surface area contributed by atoms with Crippen molar-refractivity contribution in [3.63, 3.8) is 0 Å². The van der Waals surface area contributed by atoms with E-state index in [9.17, 15) is 14.7 Å². The molecule has 98 valence electrons. The Morgan fingerprint density at radius 3 is 2.11 bits per heavy atom. The van der Waals surface area contributed by atoms with Gasteiger partial charge in [0.2, 0.25) is 0 Å². The summed E-state index contributed by atoms with van der Waals surface area (Å²) in [6.07, 6.45) is 7.81. The van der Waals surface area contributed by atoms with Crippen molar-refractivity contribution in [2.75, 3.05) is 0 Å². The van der Waals surface area contributed by atoms with Crippen LogP contribution in [0.3, 0.4) is 0 Å². The highest BCUT2D eigenvalue weighted by atomic mass is 16.4. The summed E-state index contributed by atoms with van der Waals surface area (Å²) < 4.78 is 0. The van der Waals surface area contributed by atoms with Crippen LogP contribution in [0, 0.1) is 23.2 Å². The SMILES string of the molecule is O=CBN[C@H](C(=O)O)C12CC3CC(CC(C3)C1)C2. The van der Waals surface area contributed by atoms with E-state index in [1.165, 1.54) is 19.3 Å². The van der Waals surface area contributed by atoms with Crippen LogP contribution in [0.1, 0.15) is 38.5 Å². The van der Waals surface area contributed by atoms with Crippen molar-refractivity contribution in [2.45, 2.75) is 44.6 Å². The topological polar surface area (TPSA) is 66.4 Å². The van der Waals surface area contributed by atoms with Crippen molar-refractivity contribution in [1.29, 1.82) is 0 Å². The lowest BCUT2D eigenvalue weighted by Crippen LogP contribution is -2.59. The molecule has 0 aromatic heterocycles. The van der Waals surface area contributed by atoms with Crippen LogP contribution in [0.25, 0.3) is 0 Å². The minimum atomic E-state index is -0.779. The van der Waals surface area contributed by atoms with Crippen molar-refractivity contribution in [2.24, 2.45) is 23.2 Å². The van der Waals surface area contributed by atoms with E-state index < -0.39 is 12.0 Å². The van der Waals surface area contributed by atoms with Gasteiger partial charge >= 0.3 is 5.97 Å². The Balaban J connectivity index is 1.83. The number of carboxylic acid groups (broad SMARTS) is 1. The Bertz CT molecular complexity index is 336. The first kappa shape index (κ1) is 12.2. The molecule has 0 heterocycles. The number of hydrogen-bond donors (Lipinski definition) is 2. The summed E-state index contributed by atoms with van der Waals surface area (Å²) in [5, 5.41) is 12.4. The smallest absolute Gasteiger partial charge is 0.320 e. The zero-order valence-electron chi connectivity index (χ0n) is 10.6. The van der Waals surface area contributed by atoms with Crippen LogP contribution in [0.15, 0.2) is 0 Å². The van der Waals surface area contributed by atoms with Crippen molar-refractivity contribution in [3.8, 4) is 0 Å². The summed E-state index contributed by atoms with van der Waals surface area (Å²) in [7, 11) is 0.152. The molecule has 0 aromatic carbocycles. The Morgan fingerprint density at radius 2 is 1.72 bits per heavy atom. The van der Waals surface area contributed by atoms with Gasteiger partial charge in [0.15, 0.2) is 0 Å². The molecule has 0 radical (unpaired) electrons. The van der Waals surface area contributed by atoms with Crippen LogP contribution in [0.5, 0.6) is 0 Å². The second-order valence-electron chi connectivity index (χ2n) is 6.63. The Labute approximate surface area is 108 Å². The summed E-state index contributed by atoms with van der Waals surface area (Å²) >= 11 is 0. The third-order valence-electron chi connectivity index (χ3n) is 5.35. The zero-order chi connectivity index (χ0) is 12.8. The van der Waals surface area contributed by atoms with Gasteiger partial charge in [0, 0.05) is 0 Å². The summed E-state index contributed by atoms with van der Waals surface area (Å²) in [4.78, 5) is 22.0. The fourth-order valence-electron chi connectivity index (χ4n) is 5.26. The molecule has 4 saturated carbocycles. The monoisotopic (exact) mass is 249 g/mol. The summed E-state index contributed by atoms with van der Waals surface area (Å²) in [6.45, 7) is 0. The molecule has 4 bridgehead atoms. The number of aliphatic carboxylic acids is 1. The van der Waals surface area contributed by atoms with E-state index in [1.807, 2.05) is 0 Å². The number of hydrogen-bond acceptors (Lipinski definition) is 3. The van der Waals surface area contributed by atoms with E-state index >= 15 is 0 Å². The van der Waals surface area contributed by atoms with Crippen LogP contribution in [0.4, 0.5) is 0 Å². The first-order valence-corrected chi connectivity index (χ1v) is 7.03. The van der Waals surface area contributed by atoms with Crippen LogP contribution in [0.2, 0.25) is 0 Å². The average molecular weight is 249 g/mol. The molecular formula is C13H20BNO3.